The summed E-state index contributed by atoms with van der Waals surface area (Å²) in [7, 11) is 0. The Morgan fingerprint density at radius 1 is 1.37 bits per heavy atom. The Morgan fingerprint density at radius 2 is 2.05 bits per heavy atom. The van der Waals surface area contributed by atoms with Crippen molar-refractivity contribution in [2.45, 2.75) is 59.5 Å². The maximum atomic E-state index is 6.39. The molecule has 0 aromatic carbocycles. The van der Waals surface area contributed by atoms with Gasteiger partial charge in [0.15, 0.2) is 0 Å². The number of rotatable bonds is 6. The number of nitrogens with one attached hydrogen (secondary N) is 1. The zero-order chi connectivity index (χ0) is 14.0. The summed E-state index contributed by atoms with van der Waals surface area (Å²) in [5, 5.41) is 8.94. The minimum atomic E-state index is 0.577. The second kappa shape index (κ2) is 6.27. The van der Waals surface area contributed by atoms with Crippen molar-refractivity contribution in [1.29, 1.82) is 0 Å². The molecule has 1 aliphatic rings. The lowest BCUT2D eigenvalue weighted by Crippen LogP contribution is -2.39. The molecule has 1 saturated carbocycles. The van der Waals surface area contributed by atoms with Gasteiger partial charge in [0, 0.05) is 12.6 Å². The van der Waals surface area contributed by atoms with E-state index in [1.807, 2.05) is 6.92 Å². The molecule has 0 amide bonds. The summed E-state index contributed by atoms with van der Waals surface area (Å²) in [5.74, 6) is 1.57. The monoisotopic (exact) mass is 283 g/mol. The van der Waals surface area contributed by atoms with Gasteiger partial charge >= 0.3 is 0 Å². The highest BCUT2D eigenvalue weighted by Gasteiger charge is 2.32. The zero-order valence-corrected chi connectivity index (χ0v) is 13.3. The van der Waals surface area contributed by atoms with Gasteiger partial charge in [0.05, 0.1) is 16.4 Å². The third-order valence-corrected chi connectivity index (χ3v) is 4.76. The van der Waals surface area contributed by atoms with Crippen LogP contribution in [0.5, 0.6) is 0 Å². The van der Waals surface area contributed by atoms with E-state index in [9.17, 15) is 0 Å². The molecule has 0 bridgehead atoms. The lowest BCUT2D eigenvalue weighted by atomic mass is 9.71. The van der Waals surface area contributed by atoms with Crippen molar-refractivity contribution in [2.24, 2.45) is 11.8 Å². The first kappa shape index (κ1) is 14.9. The first-order chi connectivity index (χ1) is 9.02. The van der Waals surface area contributed by atoms with Crippen LogP contribution in [0.15, 0.2) is 0 Å². The number of aryl methyl sites for hydroxylation is 2. The average Bonchev–Trinajstić information content (AvgIpc) is 2.61. The largest absolute Gasteiger partial charge is 0.314 e. The van der Waals surface area contributed by atoms with Crippen molar-refractivity contribution in [1.82, 2.24) is 15.1 Å². The summed E-state index contributed by atoms with van der Waals surface area (Å²) >= 11 is 6.39. The molecule has 2 unspecified atom stereocenters. The Kier molecular flexibility index (Phi) is 4.91. The van der Waals surface area contributed by atoms with Gasteiger partial charge in [-0.3, -0.25) is 4.68 Å². The van der Waals surface area contributed by atoms with Gasteiger partial charge in [-0.1, -0.05) is 25.4 Å². The minimum absolute atomic E-state index is 0.577. The highest BCUT2D eigenvalue weighted by Crippen LogP contribution is 2.38. The fraction of sp³-hybridized carbons (Fsp3) is 0.800. The standard InChI is InChI=1S/C15H26ClN3/c1-5-19-14(15(16)11(4)18-19)8-12-6-7-13(12)9-17-10(2)3/h10,12-13,17H,5-9H2,1-4H3. The van der Waals surface area contributed by atoms with Crippen LogP contribution in [0.4, 0.5) is 0 Å². The summed E-state index contributed by atoms with van der Waals surface area (Å²) in [4.78, 5) is 0. The Balaban J connectivity index is 1.98. The van der Waals surface area contributed by atoms with E-state index in [4.69, 9.17) is 11.6 Å². The molecule has 19 heavy (non-hydrogen) atoms. The van der Waals surface area contributed by atoms with Crippen LogP contribution in [0.1, 0.15) is 45.0 Å². The molecule has 0 radical (unpaired) electrons. The molecule has 1 heterocycles. The molecule has 1 aliphatic carbocycles. The van der Waals surface area contributed by atoms with E-state index >= 15 is 0 Å². The smallest absolute Gasteiger partial charge is 0.0847 e. The van der Waals surface area contributed by atoms with E-state index < -0.39 is 0 Å². The quantitative estimate of drug-likeness (QED) is 0.867. The fourth-order valence-corrected chi connectivity index (χ4v) is 3.09. The van der Waals surface area contributed by atoms with Crippen molar-refractivity contribution in [3.05, 3.63) is 16.4 Å². The van der Waals surface area contributed by atoms with E-state index in [2.05, 4.69) is 35.9 Å². The number of aromatic nitrogens is 2. The number of hydrogen-bond acceptors (Lipinski definition) is 2. The fourth-order valence-electron chi connectivity index (χ4n) is 2.87. The SMILES string of the molecule is CCn1nc(C)c(Cl)c1CC1CCC1CNC(C)C. The molecule has 3 nitrogen and oxygen atoms in total. The highest BCUT2D eigenvalue weighted by molar-refractivity contribution is 6.31. The Morgan fingerprint density at radius 3 is 2.58 bits per heavy atom. The molecule has 0 aliphatic heterocycles. The Labute approximate surface area is 121 Å². The molecule has 0 saturated heterocycles. The third-order valence-electron chi connectivity index (χ3n) is 4.27. The Hall–Kier alpha value is -0.540. The second-order valence-corrected chi connectivity index (χ2v) is 6.40. The normalized spacial score (nSPS) is 22.8. The maximum Gasteiger partial charge on any atom is 0.0847 e. The summed E-state index contributed by atoms with van der Waals surface area (Å²) < 4.78 is 2.07. The number of nitrogens with zero attached hydrogens (tertiary/aromatic N) is 2. The number of halogens is 1. The van der Waals surface area contributed by atoms with E-state index in [1.54, 1.807) is 0 Å². The summed E-state index contributed by atoms with van der Waals surface area (Å²) in [6.45, 7) is 10.6. The molecule has 108 valence electrons. The van der Waals surface area contributed by atoms with Gasteiger partial charge in [0.25, 0.3) is 0 Å². The van der Waals surface area contributed by atoms with Gasteiger partial charge in [0.1, 0.15) is 0 Å². The highest BCUT2D eigenvalue weighted by atomic mass is 35.5. The van der Waals surface area contributed by atoms with E-state index in [0.717, 1.165) is 42.1 Å². The predicted octanol–water partition coefficient (Wildman–Crippen LogP) is 3.43. The van der Waals surface area contributed by atoms with Crippen molar-refractivity contribution in [2.75, 3.05) is 6.54 Å². The summed E-state index contributed by atoms with van der Waals surface area (Å²) in [6.07, 6.45) is 3.76. The molecular weight excluding hydrogens is 258 g/mol. The lowest BCUT2D eigenvalue weighted by Gasteiger charge is -2.37. The van der Waals surface area contributed by atoms with Crippen LogP contribution in [0.25, 0.3) is 0 Å². The van der Waals surface area contributed by atoms with Crippen LogP contribution in [0.2, 0.25) is 5.02 Å². The van der Waals surface area contributed by atoms with Gasteiger partial charge < -0.3 is 5.32 Å². The van der Waals surface area contributed by atoms with E-state index in [-0.39, 0.29) is 0 Å². The van der Waals surface area contributed by atoms with Crippen LogP contribution in [0.3, 0.4) is 0 Å². The average molecular weight is 284 g/mol. The van der Waals surface area contributed by atoms with Gasteiger partial charge in [-0.15, -0.1) is 0 Å². The molecule has 1 aromatic heterocycles. The van der Waals surface area contributed by atoms with E-state index in [0.29, 0.717) is 6.04 Å². The summed E-state index contributed by atoms with van der Waals surface area (Å²) in [5.41, 5.74) is 2.20. The topological polar surface area (TPSA) is 29.9 Å². The van der Waals surface area contributed by atoms with Crippen molar-refractivity contribution >= 4 is 11.6 Å². The molecule has 1 N–H and O–H groups in total. The van der Waals surface area contributed by atoms with Crippen LogP contribution >= 0.6 is 11.6 Å². The number of hydrogen-bond donors (Lipinski definition) is 1. The van der Waals surface area contributed by atoms with E-state index in [1.165, 1.54) is 18.5 Å². The van der Waals surface area contributed by atoms with Crippen LogP contribution in [0, 0.1) is 18.8 Å². The Bertz CT molecular complexity index is 425. The van der Waals surface area contributed by atoms with Crippen LogP contribution in [-0.2, 0) is 13.0 Å². The van der Waals surface area contributed by atoms with Crippen molar-refractivity contribution in [3.63, 3.8) is 0 Å². The molecule has 2 atom stereocenters. The zero-order valence-electron chi connectivity index (χ0n) is 12.5. The molecule has 0 spiro atoms. The molecule has 4 heteroatoms. The summed E-state index contributed by atoms with van der Waals surface area (Å²) in [6, 6.07) is 0.577. The second-order valence-electron chi connectivity index (χ2n) is 6.03. The first-order valence-electron chi connectivity index (χ1n) is 7.48. The van der Waals surface area contributed by atoms with Crippen LogP contribution < -0.4 is 5.32 Å². The first-order valence-corrected chi connectivity index (χ1v) is 7.85. The minimum Gasteiger partial charge on any atom is -0.314 e. The van der Waals surface area contributed by atoms with Crippen molar-refractivity contribution < 1.29 is 0 Å². The van der Waals surface area contributed by atoms with Crippen LogP contribution in [-0.4, -0.2) is 22.4 Å². The lowest BCUT2D eigenvalue weighted by molar-refractivity contribution is 0.165. The predicted molar refractivity (Wildman–Crippen MR) is 80.7 cm³/mol. The third kappa shape index (κ3) is 3.32. The maximum absolute atomic E-state index is 6.39. The van der Waals surface area contributed by atoms with Gasteiger partial charge in [-0.2, -0.15) is 5.10 Å². The van der Waals surface area contributed by atoms with Crippen molar-refractivity contribution in [3.8, 4) is 0 Å². The molecule has 1 fully saturated rings. The molecule has 2 rings (SSSR count). The molecule has 1 aromatic rings. The molecular formula is C15H26ClN3. The van der Waals surface area contributed by atoms with Gasteiger partial charge in [-0.25, -0.2) is 0 Å². The van der Waals surface area contributed by atoms with Gasteiger partial charge in [0.2, 0.25) is 0 Å². The van der Waals surface area contributed by atoms with Gasteiger partial charge in [-0.05, 0) is 51.5 Å².